The molecule has 0 aliphatic carbocycles. The molecular weight excluding hydrogens is 318 g/mol. The van der Waals surface area contributed by atoms with Crippen molar-refractivity contribution in [1.29, 1.82) is 0 Å². The van der Waals surface area contributed by atoms with E-state index in [1.165, 1.54) is 4.88 Å². The maximum atomic E-state index is 6.39. The zero-order chi connectivity index (χ0) is 17.2. The van der Waals surface area contributed by atoms with Gasteiger partial charge in [0.1, 0.15) is 11.9 Å². The Kier molecular flexibility index (Phi) is 8.08. The van der Waals surface area contributed by atoms with Crippen LogP contribution in [0.2, 0.25) is 0 Å². The Morgan fingerprint density at radius 3 is 2.67 bits per heavy atom. The van der Waals surface area contributed by atoms with Gasteiger partial charge in [-0.3, -0.25) is 0 Å². The number of nitrogens with one attached hydrogen (secondary N) is 2. The number of hydrogen-bond donors (Lipinski definition) is 2. The summed E-state index contributed by atoms with van der Waals surface area (Å²) in [7, 11) is 4.16. The summed E-state index contributed by atoms with van der Waals surface area (Å²) in [6, 6.07) is 12.5. The molecule has 2 N–H and O–H groups in total. The summed E-state index contributed by atoms with van der Waals surface area (Å²) in [6.45, 7) is 5.96. The van der Waals surface area contributed by atoms with Crippen LogP contribution in [0, 0.1) is 0 Å². The molecular formula is C19H29N3OS. The number of ether oxygens (including phenoxy) is 1. The van der Waals surface area contributed by atoms with E-state index in [4.69, 9.17) is 4.74 Å². The van der Waals surface area contributed by atoms with E-state index < -0.39 is 0 Å². The number of nitrogens with zero attached hydrogens (tertiary/aromatic N) is 1. The maximum absolute atomic E-state index is 6.39. The third-order valence-electron chi connectivity index (χ3n) is 3.72. The minimum absolute atomic E-state index is 0.0841. The number of rotatable bonds is 11. The molecule has 1 aromatic heterocycles. The first kappa shape index (κ1) is 18.8. The van der Waals surface area contributed by atoms with E-state index in [-0.39, 0.29) is 6.10 Å². The van der Waals surface area contributed by atoms with Gasteiger partial charge >= 0.3 is 0 Å². The van der Waals surface area contributed by atoms with Gasteiger partial charge in [-0.1, -0.05) is 25.1 Å². The molecule has 0 radical (unpaired) electrons. The Morgan fingerprint density at radius 2 is 1.96 bits per heavy atom. The van der Waals surface area contributed by atoms with E-state index in [1.807, 2.05) is 18.2 Å². The second-order valence-electron chi connectivity index (χ2n) is 5.99. The van der Waals surface area contributed by atoms with Crippen LogP contribution in [-0.2, 0) is 0 Å². The van der Waals surface area contributed by atoms with Crippen LogP contribution in [-0.4, -0.2) is 45.2 Å². The van der Waals surface area contributed by atoms with Crippen LogP contribution >= 0.6 is 11.3 Å². The van der Waals surface area contributed by atoms with Crippen LogP contribution < -0.4 is 15.4 Å². The summed E-state index contributed by atoms with van der Waals surface area (Å²) in [5.41, 5.74) is 1.06. The molecule has 2 aromatic rings. The third-order valence-corrected chi connectivity index (χ3v) is 4.69. The van der Waals surface area contributed by atoms with Crippen LogP contribution in [0.1, 0.15) is 24.3 Å². The molecule has 0 unspecified atom stereocenters. The Morgan fingerprint density at radius 1 is 1.12 bits per heavy atom. The minimum atomic E-state index is 0.0841. The molecule has 1 heterocycles. The van der Waals surface area contributed by atoms with Crippen molar-refractivity contribution in [3.05, 3.63) is 46.7 Å². The highest BCUT2D eigenvalue weighted by Gasteiger charge is 2.16. The molecule has 0 saturated carbocycles. The van der Waals surface area contributed by atoms with Crippen LogP contribution in [0.4, 0.5) is 5.69 Å². The summed E-state index contributed by atoms with van der Waals surface area (Å²) in [4.78, 5) is 3.44. The number of para-hydroxylation sites is 2. The Hall–Kier alpha value is -1.56. The molecule has 0 saturated heterocycles. The fraction of sp³-hybridized carbons (Fsp3) is 0.474. The van der Waals surface area contributed by atoms with E-state index in [2.05, 4.69) is 60.1 Å². The monoisotopic (exact) mass is 347 g/mol. The lowest BCUT2D eigenvalue weighted by molar-refractivity contribution is 0.199. The van der Waals surface area contributed by atoms with Crippen molar-refractivity contribution in [2.24, 2.45) is 0 Å². The molecule has 0 amide bonds. The summed E-state index contributed by atoms with van der Waals surface area (Å²) in [6.07, 6.45) is 1.04. The first-order chi connectivity index (χ1) is 11.7. The second kappa shape index (κ2) is 10.3. The minimum Gasteiger partial charge on any atom is -0.483 e. The molecule has 1 aromatic carbocycles. The Bertz CT molecular complexity index is 572. The predicted molar refractivity (Wildman–Crippen MR) is 104 cm³/mol. The lowest BCUT2D eigenvalue weighted by atomic mass is 10.2. The highest BCUT2D eigenvalue weighted by molar-refractivity contribution is 7.10. The van der Waals surface area contributed by atoms with Gasteiger partial charge in [-0.05, 0) is 50.8 Å². The Balaban J connectivity index is 2.05. The van der Waals surface area contributed by atoms with E-state index in [0.717, 1.165) is 44.0 Å². The van der Waals surface area contributed by atoms with E-state index >= 15 is 0 Å². The van der Waals surface area contributed by atoms with E-state index in [9.17, 15) is 0 Å². The van der Waals surface area contributed by atoms with Crippen LogP contribution in [0.15, 0.2) is 41.8 Å². The highest BCUT2D eigenvalue weighted by atomic mass is 32.1. The van der Waals surface area contributed by atoms with Gasteiger partial charge in [-0.2, -0.15) is 0 Å². The largest absolute Gasteiger partial charge is 0.483 e. The maximum Gasteiger partial charge on any atom is 0.143 e. The fourth-order valence-electron chi connectivity index (χ4n) is 2.43. The van der Waals surface area contributed by atoms with E-state index in [0.29, 0.717) is 0 Å². The first-order valence-electron chi connectivity index (χ1n) is 8.59. The SMILES string of the molecule is CCNCC[C@@H](Oc1ccccc1NCCN(C)C)c1cccs1. The number of hydrogen-bond acceptors (Lipinski definition) is 5. The van der Waals surface area contributed by atoms with Gasteiger partial charge in [0.2, 0.25) is 0 Å². The zero-order valence-corrected chi connectivity index (χ0v) is 15.7. The van der Waals surface area contributed by atoms with Gasteiger partial charge in [0.05, 0.1) is 5.69 Å². The Labute approximate surface area is 149 Å². The molecule has 1 atom stereocenters. The van der Waals surface area contributed by atoms with Crippen molar-refractivity contribution >= 4 is 17.0 Å². The molecule has 132 valence electrons. The van der Waals surface area contributed by atoms with Gasteiger partial charge in [0, 0.05) is 24.4 Å². The number of benzene rings is 1. The third kappa shape index (κ3) is 6.15. The lowest BCUT2D eigenvalue weighted by Gasteiger charge is -2.21. The smallest absolute Gasteiger partial charge is 0.143 e. The average Bonchev–Trinajstić information content (AvgIpc) is 3.09. The first-order valence-corrected chi connectivity index (χ1v) is 9.47. The van der Waals surface area contributed by atoms with Crippen LogP contribution in [0.25, 0.3) is 0 Å². The standard InChI is InChI=1S/C19H29N3OS/c1-4-20-12-11-18(19-10-7-15-24-19)23-17-9-6-5-8-16(17)21-13-14-22(2)3/h5-10,15,18,20-21H,4,11-14H2,1-3H3/t18-/m1/s1. The second-order valence-corrected chi connectivity index (χ2v) is 6.97. The highest BCUT2D eigenvalue weighted by Crippen LogP contribution is 2.32. The summed E-state index contributed by atoms with van der Waals surface area (Å²) in [5, 5.41) is 8.99. The molecule has 0 aliphatic heterocycles. The van der Waals surface area contributed by atoms with Crippen molar-refractivity contribution in [1.82, 2.24) is 10.2 Å². The normalized spacial score (nSPS) is 12.3. The molecule has 5 heteroatoms. The molecule has 4 nitrogen and oxygen atoms in total. The molecule has 0 spiro atoms. The quantitative estimate of drug-likeness (QED) is 0.606. The van der Waals surface area contributed by atoms with Gasteiger partial charge < -0.3 is 20.3 Å². The van der Waals surface area contributed by atoms with Gasteiger partial charge in [0.25, 0.3) is 0 Å². The van der Waals surface area contributed by atoms with Crippen LogP contribution in [0.3, 0.4) is 0 Å². The van der Waals surface area contributed by atoms with Gasteiger partial charge in [0.15, 0.2) is 0 Å². The van der Waals surface area contributed by atoms with Crippen molar-refractivity contribution in [2.45, 2.75) is 19.4 Å². The molecule has 0 bridgehead atoms. The lowest BCUT2D eigenvalue weighted by Crippen LogP contribution is -2.21. The van der Waals surface area contributed by atoms with Gasteiger partial charge in [-0.15, -0.1) is 11.3 Å². The van der Waals surface area contributed by atoms with Crippen LogP contribution in [0.5, 0.6) is 5.75 Å². The van der Waals surface area contributed by atoms with Crippen molar-refractivity contribution in [3.63, 3.8) is 0 Å². The number of thiophene rings is 1. The topological polar surface area (TPSA) is 36.5 Å². The molecule has 2 rings (SSSR count). The van der Waals surface area contributed by atoms with Crippen molar-refractivity contribution < 1.29 is 4.74 Å². The molecule has 0 fully saturated rings. The number of likely N-dealkylation sites (N-methyl/N-ethyl adjacent to an activating group) is 1. The summed E-state index contributed by atoms with van der Waals surface area (Å²) >= 11 is 1.76. The molecule has 24 heavy (non-hydrogen) atoms. The van der Waals surface area contributed by atoms with E-state index in [1.54, 1.807) is 11.3 Å². The van der Waals surface area contributed by atoms with Crippen molar-refractivity contribution in [3.8, 4) is 5.75 Å². The number of anilines is 1. The predicted octanol–water partition coefficient (Wildman–Crippen LogP) is 3.84. The average molecular weight is 348 g/mol. The van der Waals surface area contributed by atoms with Crippen molar-refractivity contribution in [2.75, 3.05) is 45.6 Å². The summed E-state index contributed by atoms with van der Waals surface area (Å²) < 4.78 is 6.39. The summed E-state index contributed by atoms with van der Waals surface area (Å²) in [5.74, 6) is 0.922. The fourth-order valence-corrected chi connectivity index (χ4v) is 3.22. The zero-order valence-electron chi connectivity index (χ0n) is 14.9. The molecule has 0 aliphatic rings. The van der Waals surface area contributed by atoms with Gasteiger partial charge in [-0.25, -0.2) is 0 Å².